The first-order chi connectivity index (χ1) is 10.2. The second-order valence-corrected chi connectivity index (χ2v) is 4.53. The van der Waals surface area contributed by atoms with Gasteiger partial charge in [-0.05, 0) is 18.6 Å². The van der Waals surface area contributed by atoms with Crippen molar-refractivity contribution >= 4 is 11.5 Å². The number of ether oxygens (including phenoxy) is 1. The fraction of sp³-hybridized carbons (Fsp3) is 0.125. The quantitative estimate of drug-likeness (QED) is 0.751. The van der Waals surface area contributed by atoms with Crippen molar-refractivity contribution < 1.29 is 9.53 Å². The van der Waals surface area contributed by atoms with Crippen molar-refractivity contribution in [3.05, 3.63) is 64.8 Å². The molecule has 1 aromatic carbocycles. The van der Waals surface area contributed by atoms with Gasteiger partial charge in [0.25, 0.3) is 0 Å². The van der Waals surface area contributed by atoms with Gasteiger partial charge in [0.05, 0.1) is 12.1 Å². The molecular formula is C16H14N2O3. The topological polar surface area (TPSA) is 63.6 Å². The number of carbonyl (C=O) groups is 1. The van der Waals surface area contributed by atoms with Crippen LogP contribution in [0, 0.1) is 0 Å². The number of benzene rings is 1. The predicted octanol–water partition coefficient (Wildman–Crippen LogP) is 2.47. The highest BCUT2D eigenvalue weighted by Crippen LogP contribution is 2.25. The summed E-state index contributed by atoms with van der Waals surface area (Å²) in [5.74, 6) is -0.527. The number of fused-ring (bicyclic) bond motifs is 1. The van der Waals surface area contributed by atoms with E-state index < -0.39 is 5.97 Å². The van der Waals surface area contributed by atoms with Crippen molar-refractivity contribution in [2.75, 3.05) is 6.61 Å². The van der Waals surface area contributed by atoms with E-state index in [1.54, 1.807) is 19.2 Å². The molecule has 0 saturated heterocycles. The minimum absolute atomic E-state index is 0.182. The Bertz CT molecular complexity index is 847. The molecule has 2 aromatic heterocycles. The summed E-state index contributed by atoms with van der Waals surface area (Å²) in [5.41, 5.74) is 2.10. The standard InChI is InChI=1S/C16H14N2O3/c1-2-21-15(19)13-14-12(11-7-4-3-5-8-11)9-6-10-18(14)16(20)17-13/h3-10H,2H2,1H3,(H,17,20). The lowest BCUT2D eigenvalue weighted by molar-refractivity contribution is 0.0522. The van der Waals surface area contributed by atoms with Crippen LogP contribution in [0.2, 0.25) is 0 Å². The van der Waals surface area contributed by atoms with Crippen LogP contribution in [0.5, 0.6) is 0 Å². The third kappa shape index (κ3) is 2.23. The Labute approximate surface area is 120 Å². The van der Waals surface area contributed by atoms with Crippen LogP contribution in [0.15, 0.2) is 53.5 Å². The highest BCUT2D eigenvalue weighted by molar-refractivity contribution is 6.00. The highest BCUT2D eigenvalue weighted by atomic mass is 16.5. The molecule has 0 aliphatic rings. The van der Waals surface area contributed by atoms with Gasteiger partial charge in [-0.15, -0.1) is 0 Å². The number of rotatable bonds is 3. The van der Waals surface area contributed by atoms with Crippen LogP contribution in [-0.2, 0) is 4.74 Å². The molecule has 0 amide bonds. The molecule has 0 unspecified atom stereocenters. The fourth-order valence-electron chi connectivity index (χ4n) is 2.36. The van der Waals surface area contributed by atoms with Gasteiger partial charge in [-0.1, -0.05) is 36.4 Å². The molecule has 5 nitrogen and oxygen atoms in total. The molecule has 3 rings (SSSR count). The van der Waals surface area contributed by atoms with Gasteiger partial charge in [0.2, 0.25) is 0 Å². The van der Waals surface area contributed by atoms with Gasteiger partial charge in [-0.3, -0.25) is 9.38 Å². The summed E-state index contributed by atoms with van der Waals surface area (Å²) in [6, 6.07) is 13.3. The smallest absolute Gasteiger partial charge is 0.357 e. The average Bonchev–Trinajstić information content (AvgIpc) is 2.86. The number of carbonyl (C=O) groups excluding carboxylic acids is 1. The summed E-state index contributed by atoms with van der Waals surface area (Å²) in [5, 5.41) is 0. The zero-order valence-corrected chi connectivity index (χ0v) is 11.5. The van der Waals surface area contributed by atoms with Gasteiger partial charge in [0, 0.05) is 11.8 Å². The van der Waals surface area contributed by atoms with Crippen LogP contribution >= 0.6 is 0 Å². The van der Waals surface area contributed by atoms with Crippen LogP contribution in [0.3, 0.4) is 0 Å². The first-order valence-corrected chi connectivity index (χ1v) is 6.68. The van der Waals surface area contributed by atoms with Crippen molar-refractivity contribution in [1.29, 1.82) is 0 Å². The largest absolute Gasteiger partial charge is 0.461 e. The van der Waals surface area contributed by atoms with Crippen molar-refractivity contribution in [3.63, 3.8) is 0 Å². The molecule has 2 heterocycles. The number of pyridine rings is 1. The van der Waals surface area contributed by atoms with Crippen LogP contribution in [0.25, 0.3) is 16.6 Å². The molecule has 0 radical (unpaired) electrons. The average molecular weight is 282 g/mol. The number of hydrogen-bond acceptors (Lipinski definition) is 3. The Morgan fingerprint density at radius 3 is 2.67 bits per heavy atom. The van der Waals surface area contributed by atoms with E-state index in [2.05, 4.69) is 4.98 Å². The van der Waals surface area contributed by atoms with Crippen molar-refractivity contribution in [2.24, 2.45) is 0 Å². The number of nitrogens with one attached hydrogen (secondary N) is 1. The molecule has 0 atom stereocenters. The van der Waals surface area contributed by atoms with E-state index in [1.807, 2.05) is 36.4 Å². The van der Waals surface area contributed by atoms with E-state index >= 15 is 0 Å². The number of imidazole rings is 1. The molecule has 5 heteroatoms. The SMILES string of the molecule is CCOC(=O)c1[nH]c(=O)n2cccc(-c3ccccc3)c12. The maximum atomic E-state index is 12.0. The molecular weight excluding hydrogens is 268 g/mol. The molecule has 0 saturated carbocycles. The Morgan fingerprint density at radius 1 is 1.19 bits per heavy atom. The maximum Gasteiger partial charge on any atom is 0.357 e. The number of aromatic nitrogens is 2. The number of hydrogen-bond donors (Lipinski definition) is 1. The summed E-state index contributed by atoms with van der Waals surface area (Å²) in [7, 11) is 0. The minimum Gasteiger partial charge on any atom is -0.461 e. The summed E-state index contributed by atoms with van der Waals surface area (Å²) in [6.07, 6.45) is 1.63. The number of esters is 1. The van der Waals surface area contributed by atoms with Crippen molar-refractivity contribution in [2.45, 2.75) is 6.92 Å². The van der Waals surface area contributed by atoms with Gasteiger partial charge in [0.1, 0.15) is 0 Å². The maximum absolute atomic E-state index is 12.0. The van der Waals surface area contributed by atoms with Crippen molar-refractivity contribution in [3.8, 4) is 11.1 Å². The Morgan fingerprint density at radius 2 is 1.95 bits per heavy atom. The van der Waals surface area contributed by atoms with Gasteiger partial charge in [-0.25, -0.2) is 9.59 Å². The minimum atomic E-state index is -0.527. The number of nitrogens with zero attached hydrogens (tertiary/aromatic N) is 1. The molecule has 1 N–H and O–H groups in total. The first-order valence-electron chi connectivity index (χ1n) is 6.68. The van der Waals surface area contributed by atoms with Gasteiger partial charge >= 0.3 is 11.7 Å². The van der Waals surface area contributed by atoms with Gasteiger partial charge in [0.15, 0.2) is 5.69 Å². The van der Waals surface area contributed by atoms with E-state index in [0.29, 0.717) is 5.52 Å². The third-order valence-electron chi connectivity index (χ3n) is 3.25. The monoisotopic (exact) mass is 282 g/mol. The van der Waals surface area contributed by atoms with E-state index in [0.717, 1.165) is 11.1 Å². The van der Waals surface area contributed by atoms with E-state index in [9.17, 15) is 9.59 Å². The molecule has 0 spiro atoms. The summed E-state index contributed by atoms with van der Waals surface area (Å²) in [4.78, 5) is 26.6. The number of H-pyrrole nitrogens is 1. The zero-order chi connectivity index (χ0) is 14.8. The zero-order valence-electron chi connectivity index (χ0n) is 11.5. The fourth-order valence-corrected chi connectivity index (χ4v) is 2.36. The second-order valence-electron chi connectivity index (χ2n) is 4.53. The van der Waals surface area contributed by atoms with E-state index in [4.69, 9.17) is 4.74 Å². The lowest BCUT2D eigenvalue weighted by Crippen LogP contribution is -2.10. The predicted molar refractivity (Wildman–Crippen MR) is 79.4 cm³/mol. The van der Waals surface area contributed by atoms with Gasteiger partial charge in [-0.2, -0.15) is 0 Å². The number of aromatic amines is 1. The summed E-state index contributed by atoms with van der Waals surface area (Å²) >= 11 is 0. The Kier molecular flexibility index (Phi) is 3.31. The summed E-state index contributed by atoms with van der Waals surface area (Å²) in [6.45, 7) is 1.98. The van der Waals surface area contributed by atoms with E-state index in [1.165, 1.54) is 4.40 Å². The normalized spacial score (nSPS) is 10.7. The molecule has 21 heavy (non-hydrogen) atoms. The van der Waals surface area contributed by atoms with E-state index in [-0.39, 0.29) is 18.0 Å². The molecule has 0 aliphatic carbocycles. The molecule has 0 fully saturated rings. The Balaban J connectivity index is 2.31. The molecule has 106 valence electrons. The molecule has 0 aliphatic heterocycles. The van der Waals surface area contributed by atoms with Crippen molar-refractivity contribution in [1.82, 2.24) is 9.38 Å². The lowest BCUT2D eigenvalue weighted by Gasteiger charge is -2.06. The second kappa shape index (κ2) is 5.28. The lowest BCUT2D eigenvalue weighted by atomic mass is 10.0. The van der Waals surface area contributed by atoms with Crippen LogP contribution in [-0.4, -0.2) is 22.0 Å². The third-order valence-corrected chi connectivity index (χ3v) is 3.25. The van der Waals surface area contributed by atoms with Crippen LogP contribution in [0.1, 0.15) is 17.4 Å². The highest BCUT2D eigenvalue weighted by Gasteiger charge is 2.19. The molecule has 3 aromatic rings. The Hall–Kier alpha value is -2.82. The van der Waals surface area contributed by atoms with Crippen LogP contribution < -0.4 is 5.69 Å². The summed E-state index contributed by atoms with van der Waals surface area (Å²) < 4.78 is 6.44. The van der Waals surface area contributed by atoms with Gasteiger partial charge < -0.3 is 4.74 Å². The van der Waals surface area contributed by atoms with Crippen LogP contribution in [0.4, 0.5) is 0 Å². The first kappa shape index (κ1) is 13.2. The molecule has 0 bridgehead atoms.